The molecule has 0 unspecified atom stereocenters. The highest BCUT2D eigenvalue weighted by atomic mass is 16.5. The maximum absolute atomic E-state index is 12.6. The van der Waals surface area contributed by atoms with Gasteiger partial charge < -0.3 is 19.5 Å². The Morgan fingerprint density at radius 2 is 1.91 bits per heavy atom. The minimum atomic E-state index is -1.01. The monoisotopic (exact) mass is 321 g/mol. The molecule has 0 aromatic heterocycles. The molecule has 1 amide bonds. The quantitative estimate of drug-likeness (QED) is 0.752. The second kappa shape index (κ2) is 7.46. The van der Waals surface area contributed by atoms with Crippen molar-refractivity contribution in [2.45, 2.75) is 25.8 Å². The van der Waals surface area contributed by atoms with E-state index in [9.17, 15) is 9.59 Å². The van der Waals surface area contributed by atoms with Crippen LogP contribution in [0.4, 0.5) is 0 Å². The van der Waals surface area contributed by atoms with E-state index in [2.05, 4.69) is 0 Å². The van der Waals surface area contributed by atoms with Crippen molar-refractivity contribution in [3.8, 4) is 5.75 Å². The van der Waals surface area contributed by atoms with Gasteiger partial charge in [0.25, 0.3) is 0 Å². The Kier molecular flexibility index (Phi) is 5.60. The van der Waals surface area contributed by atoms with Gasteiger partial charge in [-0.05, 0) is 37.0 Å². The van der Waals surface area contributed by atoms with Crippen LogP contribution in [0, 0.1) is 5.41 Å². The smallest absolute Gasteiger partial charge is 0.341 e. The fourth-order valence-electron chi connectivity index (χ4n) is 2.61. The van der Waals surface area contributed by atoms with Gasteiger partial charge >= 0.3 is 5.97 Å². The molecule has 2 rings (SSSR count). The Morgan fingerprint density at radius 3 is 2.43 bits per heavy atom. The minimum Gasteiger partial charge on any atom is -0.482 e. The molecule has 1 aromatic rings. The van der Waals surface area contributed by atoms with E-state index in [1.54, 1.807) is 24.1 Å². The lowest BCUT2D eigenvalue weighted by molar-refractivity contribution is -0.139. The number of hydrogen-bond acceptors (Lipinski definition) is 4. The van der Waals surface area contributed by atoms with E-state index in [0.29, 0.717) is 18.9 Å². The lowest BCUT2D eigenvalue weighted by Gasteiger charge is -2.23. The second-order valence-corrected chi connectivity index (χ2v) is 6.01. The van der Waals surface area contributed by atoms with Crippen LogP contribution >= 0.6 is 0 Å². The SMILES string of the molecule is COCCC1(C(=O)N(C)Cc2ccc(OCC(=O)O)cc2)CC1. The van der Waals surface area contributed by atoms with Crippen molar-refractivity contribution in [3.63, 3.8) is 0 Å². The fraction of sp³-hybridized carbons (Fsp3) is 0.529. The van der Waals surface area contributed by atoms with Crippen LogP contribution in [0.3, 0.4) is 0 Å². The summed E-state index contributed by atoms with van der Waals surface area (Å²) in [4.78, 5) is 24.8. The zero-order chi connectivity index (χ0) is 16.9. The van der Waals surface area contributed by atoms with Gasteiger partial charge in [-0.2, -0.15) is 0 Å². The summed E-state index contributed by atoms with van der Waals surface area (Å²) in [6.45, 7) is 0.766. The number of benzene rings is 1. The van der Waals surface area contributed by atoms with Crippen molar-refractivity contribution in [2.24, 2.45) is 5.41 Å². The molecule has 6 nitrogen and oxygen atoms in total. The van der Waals surface area contributed by atoms with Crippen LogP contribution in [-0.2, 0) is 20.9 Å². The van der Waals surface area contributed by atoms with Crippen molar-refractivity contribution in [1.29, 1.82) is 0 Å². The molecular weight excluding hydrogens is 298 g/mol. The molecule has 0 aliphatic heterocycles. The number of rotatable bonds is 9. The minimum absolute atomic E-state index is 0.167. The molecule has 1 N–H and O–H groups in total. The molecule has 126 valence electrons. The number of carbonyl (C=O) groups is 2. The first-order valence-electron chi connectivity index (χ1n) is 7.65. The molecule has 1 fully saturated rings. The Hall–Kier alpha value is -2.08. The fourth-order valence-corrected chi connectivity index (χ4v) is 2.61. The van der Waals surface area contributed by atoms with Crippen molar-refractivity contribution in [1.82, 2.24) is 4.90 Å². The summed E-state index contributed by atoms with van der Waals surface area (Å²) in [7, 11) is 3.46. The van der Waals surface area contributed by atoms with Gasteiger partial charge in [-0.15, -0.1) is 0 Å². The molecule has 23 heavy (non-hydrogen) atoms. The number of nitrogens with zero attached hydrogens (tertiary/aromatic N) is 1. The summed E-state index contributed by atoms with van der Waals surface area (Å²) >= 11 is 0. The third-order valence-electron chi connectivity index (χ3n) is 4.14. The summed E-state index contributed by atoms with van der Waals surface area (Å²) < 4.78 is 10.2. The summed E-state index contributed by atoms with van der Waals surface area (Å²) in [5.74, 6) is -0.338. The van der Waals surface area contributed by atoms with Gasteiger partial charge in [0.15, 0.2) is 6.61 Å². The van der Waals surface area contributed by atoms with E-state index in [1.807, 2.05) is 19.2 Å². The highest BCUT2D eigenvalue weighted by molar-refractivity contribution is 5.85. The average molecular weight is 321 g/mol. The van der Waals surface area contributed by atoms with Crippen LogP contribution in [-0.4, -0.2) is 49.3 Å². The normalized spacial score (nSPS) is 15.0. The number of amides is 1. The van der Waals surface area contributed by atoms with E-state index in [4.69, 9.17) is 14.6 Å². The number of carboxylic acids is 1. The standard InChI is InChI=1S/C17H23NO5/c1-18(16(21)17(7-8-17)9-10-22-2)11-13-3-5-14(6-4-13)23-12-15(19)20/h3-6H,7-12H2,1-2H3,(H,19,20). The van der Waals surface area contributed by atoms with E-state index >= 15 is 0 Å². The molecule has 1 aliphatic carbocycles. The first-order chi connectivity index (χ1) is 11.0. The molecule has 0 spiro atoms. The molecule has 0 atom stereocenters. The van der Waals surface area contributed by atoms with E-state index in [1.165, 1.54) is 0 Å². The number of ether oxygens (including phenoxy) is 2. The first kappa shape index (κ1) is 17.3. The summed E-state index contributed by atoms with van der Waals surface area (Å²) in [6, 6.07) is 7.12. The first-order valence-corrected chi connectivity index (χ1v) is 7.65. The van der Waals surface area contributed by atoms with Crippen molar-refractivity contribution in [3.05, 3.63) is 29.8 Å². The third-order valence-corrected chi connectivity index (χ3v) is 4.14. The highest BCUT2D eigenvalue weighted by Crippen LogP contribution is 2.50. The molecule has 0 saturated heterocycles. The summed E-state index contributed by atoms with van der Waals surface area (Å²) in [6.07, 6.45) is 2.64. The van der Waals surface area contributed by atoms with Gasteiger partial charge in [0.05, 0.1) is 5.41 Å². The van der Waals surface area contributed by atoms with Gasteiger partial charge in [0.1, 0.15) is 5.75 Å². The molecule has 1 aromatic carbocycles. The van der Waals surface area contributed by atoms with Crippen LogP contribution in [0.1, 0.15) is 24.8 Å². The van der Waals surface area contributed by atoms with Crippen LogP contribution in [0.2, 0.25) is 0 Å². The third kappa shape index (κ3) is 4.69. The Morgan fingerprint density at radius 1 is 1.26 bits per heavy atom. The van der Waals surface area contributed by atoms with Crippen molar-refractivity contribution in [2.75, 3.05) is 27.4 Å². The highest BCUT2D eigenvalue weighted by Gasteiger charge is 2.50. The number of carbonyl (C=O) groups excluding carboxylic acids is 1. The van der Waals surface area contributed by atoms with Crippen molar-refractivity contribution < 1.29 is 24.2 Å². The number of methoxy groups -OCH3 is 1. The average Bonchev–Trinajstić information content (AvgIpc) is 3.32. The Bertz CT molecular complexity index is 551. The lowest BCUT2D eigenvalue weighted by Crippen LogP contribution is -2.34. The molecule has 1 aliphatic rings. The molecule has 0 heterocycles. The molecule has 0 bridgehead atoms. The zero-order valence-electron chi connectivity index (χ0n) is 13.6. The van der Waals surface area contributed by atoms with Gasteiger partial charge in [-0.1, -0.05) is 12.1 Å². The second-order valence-electron chi connectivity index (χ2n) is 6.01. The maximum Gasteiger partial charge on any atom is 0.341 e. The predicted octanol–water partition coefficient (Wildman–Crippen LogP) is 1.93. The Labute approximate surface area is 136 Å². The van der Waals surface area contributed by atoms with Crippen LogP contribution in [0.15, 0.2) is 24.3 Å². The predicted molar refractivity (Wildman–Crippen MR) is 84.2 cm³/mol. The van der Waals surface area contributed by atoms with E-state index < -0.39 is 5.97 Å². The van der Waals surface area contributed by atoms with Gasteiger partial charge in [-0.25, -0.2) is 4.79 Å². The lowest BCUT2D eigenvalue weighted by atomic mass is 10.0. The van der Waals surface area contributed by atoms with Crippen molar-refractivity contribution >= 4 is 11.9 Å². The molecular formula is C17H23NO5. The van der Waals surface area contributed by atoms with Gasteiger partial charge in [0.2, 0.25) is 5.91 Å². The van der Waals surface area contributed by atoms with E-state index in [0.717, 1.165) is 24.8 Å². The molecule has 6 heteroatoms. The summed E-state index contributed by atoms with van der Waals surface area (Å²) in [5.41, 5.74) is 0.751. The summed E-state index contributed by atoms with van der Waals surface area (Å²) in [5, 5.41) is 8.58. The van der Waals surface area contributed by atoms with Crippen LogP contribution in [0.25, 0.3) is 0 Å². The number of aliphatic carboxylic acids is 1. The molecule has 0 radical (unpaired) electrons. The maximum atomic E-state index is 12.6. The van der Waals surface area contributed by atoms with Gasteiger partial charge in [0, 0.05) is 27.3 Å². The van der Waals surface area contributed by atoms with E-state index in [-0.39, 0.29) is 17.9 Å². The van der Waals surface area contributed by atoms with Crippen LogP contribution in [0.5, 0.6) is 5.75 Å². The molecule has 1 saturated carbocycles. The Balaban J connectivity index is 1.88. The number of carboxylic acid groups (broad SMARTS) is 1. The zero-order valence-corrected chi connectivity index (χ0v) is 13.6. The van der Waals surface area contributed by atoms with Crippen LogP contribution < -0.4 is 4.74 Å². The van der Waals surface area contributed by atoms with Gasteiger partial charge in [-0.3, -0.25) is 4.79 Å². The number of hydrogen-bond donors (Lipinski definition) is 1. The topological polar surface area (TPSA) is 76.1 Å². The largest absolute Gasteiger partial charge is 0.482 e.